The molecule has 0 saturated heterocycles. The van der Waals surface area contributed by atoms with Crippen molar-refractivity contribution >= 4 is 33.0 Å². The number of aromatic nitrogens is 2. The van der Waals surface area contributed by atoms with E-state index in [0.29, 0.717) is 23.3 Å². The Morgan fingerprint density at radius 2 is 1.90 bits per heavy atom. The lowest BCUT2D eigenvalue weighted by Crippen LogP contribution is -2.23. The molecule has 1 heterocycles. The standard InChI is InChI=1S/C24H28BrN3O2/c1-6-16(2)22-27-21-12-9-18(25)13-20(21)23(29)28(22)26-14-17-7-10-19(11-8-17)30-15-24(3,4)5/h7-14,16H,6,15H2,1-5H3/t16-/m1/s1. The van der Waals surface area contributed by atoms with Gasteiger partial charge in [0.2, 0.25) is 0 Å². The van der Waals surface area contributed by atoms with Crippen LogP contribution in [0.1, 0.15) is 58.3 Å². The Bertz CT molecular complexity index is 1110. The first-order valence-electron chi connectivity index (χ1n) is 10.2. The fourth-order valence-corrected chi connectivity index (χ4v) is 3.21. The van der Waals surface area contributed by atoms with Crippen molar-refractivity contribution in [1.82, 2.24) is 9.66 Å². The largest absolute Gasteiger partial charge is 0.493 e. The fraction of sp³-hybridized carbons (Fsp3) is 0.375. The smallest absolute Gasteiger partial charge is 0.282 e. The fourth-order valence-electron chi connectivity index (χ4n) is 2.85. The summed E-state index contributed by atoms with van der Waals surface area (Å²) < 4.78 is 8.08. The van der Waals surface area contributed by atoms with Crippen LogP contribution in [0.4, 0.5) is 0 Å². The highest BCUT2D eigenvalue weighted by atomic mass is 79.9. The van der Waals surface area contributed by atoms with Gasteiger partial charge in [-0.2, -0.15) is 9.78 Å². The molecule has 30 heavy (non-hydrogen) atoms. The minimum absolute atomic E-state index is 0.103. The lowest BCUT2D eigenvalue weighted by Gasteiger charge is -2.18. The average Bonchev–Trinajstić information content (AvgIpc) is 2.71. The van der Waals surface area contributed by atoms with E-state index in [9.17, 15) is 4.79 Å². The summed E-state index contributed by atoms with van der Waals surface area (Å²) in [6, 6.07) is 13.2. The zero-order chi connectivity index (χ0) is 21.9. The van der Waals surface area contributed by atoms with Gasteiger partial charge in [-0.15, -0.1) is 0 Å². The highest BCUT2D eigenvalue weighted by molar-refractivity contribution is 9.10. The topological polar surface area (TPSA) is 56.5 Å². The summed E-state index contributed by atoms with van der Waals surface area (Å²) in [6.07, 6.45) is 2.55. The molecule has 0 N–H and O–H groups in total. The van der Waals surface area contributed by atoms with Gasteiger partial charge < -0.3 is 4.74 Å². The molecule has 0 radical (unpaired) electrons. The molecule has 0 aliphatic carbocycles. The molecule has 0 unspecified atom stereocenters. The van der Waals surface area contributed by atoms with E-state index >= 15 is 0 Å². The minimum atomic E-state index is -0.169. The monoisotopic (exact) mass is 469 g/mol. The number of rotatable bonds is 6. The number of ether oxygens (including phenoxy) is 1. The van der Waals surface area contributed by atoms with Gasteiger partial charge in [-0.1, -0.05) is 50.5 Å². The van der Waals surface area contributed by atoms with E-state index in [4.69, 9.17) is 9.72 Å². The Morgan fingerprint density at radius 1 is 1.20 bits per heavy atom. The van der Waals surface area contributed by atoms with Crippen LogP contribution >= 0.6 is 15.9 Å². The summed E-state index contributed by atoms with van der Waals surface area (Å²) in [6.45, 7) is 11.2. The SMILES string of the molecule is CC[C@@H](C)c1nc2ccc(Br)cc2c(=O)n1N=Cc1ccc(OCC(C)(C)C)cc1. The van der Waals surface area contributed by atoms with Crippen LogP contribution in [0.5, 0.6) is 5.75 Å². The van der Waals surface area contributed by atoms with Crippen LogP contribution in [0.15, 0.2) is 56.8 Å². The number of benzene rings is 2. The van der Waals surface area contributed by atoms with Crippen LogP contribution < -0.4 is 10.3 Å². The van der Waals surface area contributed by atoms with E-state index in [0.717, 1.165) is 22.2 Å². The van der Waals surface area contributed by atoms with Crippen LogP contribution in [0.25, 0.3) is 10.9 Å². The molecule has 158 valence electrons. The van der Waals surface area contributed by atoms with Gasteiger partial charge in [0.1, 0.15) is 11.6 Å². The van der Waals surface area contributed by atoms with E-state index in [1.807, 2.05) is 36.4 Å². The molecular weight excluding hydrogens is 442 g/mol. The Labute approximate surface area is 185 Å². The lowest BCUT2D eigenvalue weighted by molar-refractivity contribution is 0.198. The minimum Gasteiger partial charge on any atom is -0.493 e. The summed E-state index contributed by atoms with van der Waals surface area (Å²) in [7, 11) is 0. The maximum Gasteiger partial charge on any atom is 0.282 e. The Hall–Kier alpha value is -2.47. The van der Waals surface area contributed by atoms with Gasteiger partial charge in [-0.25, -0.2) is 4.98 Å². The second kappa shape index (κ2) is 9.13. The molecule has 0 aliphatic rings. The zero-order valence-electron chi connectivity index (χ0n) is 18.1. The van der Waals surface area contributed by atoms with E-state index in [-0.39, 0.29) is 16.9 Å². The molecule has 1 aromatic heterocycles. The van der Waals surface area contributed by atoms with Crippen LogP contribution in [-0.4, -0.2) is 22.5 Å². The number of halogens is 1. The number of fused-ring (bicyclic) bond motifs is 1. The van der Waals surface area contributed by atoms with Gasteiger partial charge in [0, 0.05) is 10.4 Å². The van der Waals surface area contributed by atoms with Crippen LogP contribution in [0.3, 0.4) is 0 Å². The molecule has 0 aliphatic heterocycles. The van der Waals surface area contributed by atoms with Crippen molar-refractivity contribution in [3.05, 3.63) is 68.7 Å². The van der Waals surface area contributed by atoms with Crippen molar-refractivity contribution in [3.63, 3.8) is 0 Å². The van der Waals surface area contributed by atoms with Crippen molar-refractivity contribution < 1.29 is 4.74 Å². The predicted molar refractivity (Wildman–Crippen MR) is 127 cm³/mol. The third-order valence-electron chi connectivity index (χ3n) is 4.76. The van der Waals surface area contributed by atoms with Gasteiger partial charge >= 0.3 is 0 Å². The molecule has 2 aromatic carbocycles. The van der Waals surface area contributed by atoms with E-state index in [2.05, 4.69) is 55.7 Å². The van der Waals surface area contributed by atoms with Crippen molar-refractivity contribution in [1.29, 1.82) is 0 Å². The quantitative estimate of drug-likeness (QED) is 0.417. The Morgan fingerprint density at radius 3 is 2.53 bits per heavy atom. The van der Waals surface area contributed by atoms with E-state index in [1.165, 1.54) is 4.68 Å². The first kappa shape index (κ1) is 22.2. The summed E-state index contributed by atoms with van der Waals surface area (Å²) >= 11 is 3.43. The molecule has 0 bridgehead atoms. The maximum absolute atomic E-state index is 13.1. The molecule has 5 nitrogen and oxygen atoms in total. The highest BCUT2D eigenvalue weighted by Crippen LogP contribution is 2.21. The molecular formula is C24H28BrN3O2. The zero-order valence-corrected chi connectivity index (χ0v) is 19.7. The second-order valence-corrected chi connectivity index (χ2v) is 9.64. The third kappa shape index (κ3) is 5.36. The van der Waals surface area contributed by atoms with Crippen LogP contribution in [0.2, 0.25) is 0 Å². The third-order valence-corrected chi connectivity index (χ3v) is 5.25. The lowest BCUT2D eigenvalue weighted by atomic mass is 9.99. The molecule has 0 saturated carbocycles. The normalized spacial score (nSPS) is 13.1. The van der Waals surface area contributed by atoms with Gasteiger partial charge in [-0.05, 0) is 59.9 Å². The van der Waals surface area contributed by atoms with Crippen molar-refractivity contribution in [2.45, 2.75) is 47.0 Å². The Balaban J connectivity index is 1.95. The summed E-state index contributed by atoms with van der Waals surface area (Å²) in [5.41, 5.74) is 1.50. The predicted octanol–water partition coefficient (Wildman–Crippen LogP) is 5.98. The van der Waals surface area contributed by atoms with Gasteiger partial charge in [0.05, 0.1) is 23.7 Å². The van der Waals surface area contributed by atoms with E-state index in [1.54, 1.807) is 12.3 Å². The van der Waals surface area contributed by atoms with Crippen LogP contribution in [-0.2, 0) is 0 Å². The molecule has 3 aromatic rings. The average molecular weight is 470 g/mol. The first-order chi connectivity index (χ1) is 14.2. The molecule has 3 rings (SSSR count). The van der Waals surface area contributed by atoms with Crippen molar-refractivity contribution in [2.75, 3.05) is 6.61 Å². The van der Waals surface area contributed by atoms with Crippen LogP contribution in [0, 0.1) is 5.41 Å². The highest BCUT2D eigenvalue weighted by Gasteiger charge is 2.15. The molecule has 0 fully saturated rings. The van der Waals surface area contributed by atoms with Crippen molar-refractivity contribution in [3.8, 4) is 5.75 Å². The molecule has 0 amide bonds. The van der Waals surface area contributed by atoms with Gasteiger partial charge in [-0.3, -0.25) is 4.79 Å². The number of hydrogen-bond donors (Lipinski definition) is 0. The van der Waals surface area contributed by atoms with Gasteiger partial charge in [0.15, 0.2) is 0 Å². The molecule has 6 heteroatoms. The molecule has 0 spiro atoms. The maximum atomic E-state index is 13.1. The summed E-state index contributed by atoms with van der Waals surface area (Å²) in [5.74, 6) is 1.59. The summed E-state index contributed by atoms with van der Waals surface area (Å²) in [4.78, 5) is 17.9. The van der Waals surface area contributed by atoms with Crippen molar-refractivity contribution in [2.24, 2.45) is 10.5 Å². The van der Waals surface area contributed by atoms with Gasteiger partial charge in [0.25, 0.3) is 5.56 Å². The number of nitrogens with zero attached hydrogens (tertiary/aromatic N) is 3. The second-order valence-electron chi connectivity index (χ2n) is 8.72. The number of hydrogen-bond acceptors (Lipinski definition) is 4. The molecule has 1 atom stereocenters. The Kier molecular flexibility index (Phi) is 6.76. The summed E-state index contributed by atoms with van der Waals surface area (Å²) in [5, 5.41) is 5.04. The van der Waals surface area contributed by atoms with E-state index < -0.39 is 0 Å². The first-order valence-corrected chi connectivity index (χ1v) is 11.0.